The molecule has 2 aliphatic heterocycles. The molecule has 1 aromatic rings. The highest BCUT2D eigenvalue weighted by atomic mass is 19.1. The van der Waals surface area contributed by atoms with Gasteiger partial charge in [0.2, 0.25) is 5.91 Å². The Morgan fingerprint density at radius 3 is 2.68 bits per heavy atom. The third-order valence-electron chi connectivity index (χ3n) is 5.34. The van der Waals surface area contributed by atoms with Gasteiger partial charge in [0.25, 0.3) is 0 Å². The molecule has 2 heterocycles. The van der Waals surface area contributed by atoms with Crippen molar-refractivity contribution in [1.29, 1.82) is 0 Å². The van der Waals surface area contributed by atoms with Crippen LogP contribution in [-0.4, -0.2) is 73.4 Å². The summed E-state index contributed by atoms with van der Waals surface area (Å²) in [5.74, 6) is 0.223. The molecule has 2 unspecified atom stereocenters. The van der Waals surface area contributed by atoms with Crippen molar-refractivity contribution in [2.45, 2.75) is 13.3 Å². The average Bonchev–Trinajstić information content (AvgIpc) is 3.02. The molecule has 1 amide bonds. The Morgan fingerprint density at radius 1 is 1.28 bits per heavy atom. The fraction of sp³-hybridized carbons (Fsp3) is 0.632. The first-order valence-corrected chi connectivity index (χ1v) is 9.00. The summed E-state index contributed by atoms with van der Waals surface area (Å²) in [6, 6.07) is 4.82. The van der Waals surface area contributed by atoms with Gasteiger partial charge in [-0.25, -0.2) is 4.39 Å². The molecule has 0 aliphatic carbocycles. The molecule has 1 N–H and O–H groups in total. The monoisotopic (exact) mass is 350 g/mol. The molecule has 0 saturated carbocycles. The van der Waals surface area contributed by atoms with E-state index in [1.807, 2.05) is 4.90 Å². The van der Waals surface area contributed by atoms with Crippen molar-refractivity contribution in [2.75, 3.05) is 52.5 Å². The summed E-state index contributed by atoms with van der Waals surface area (Å²) < 4.78 is 18.8. The normalized spacial score (nSPS) is 24.7. The Morgan fingerprint density at radius 2 is 2.00 bits per heavy atom. The van der Waals surface area contributed by atoms with E-state index >= 15 is 0 Å². The first-order valence-electron chi connectivity index (χ1n) is 9.00. The maximum atomic E-state index is 13.4. The first kappa shape index (κ1) is 18.3. The highest BCUT2D eigenvalue weighted by Crippen LogP contribution is 2.25. The molecule has 2 saturated heterocycles. The minimum absolute atomic E-state index is 0.0499. The van der Waals surface area contributed by atoms with Gasteiger partial charge < -0.3 is 14.7 Å². The maximum absolute atomic E-state index is 13.4. The molecule has 2 aliphatic rings. The maximum Gasteiger partial charge on any atom is 0.227 e. The lowest BCUT2D eigenvalue weighted by atomic mass is 9.96. The zero-order chi connectivity index (χ0) is 17.8. The number of carbonyl (C=O) groups excluding carboxylic acids is 1. The molecule has 3 rings (SSSR count). The summed E-state index contributed by atoms with van der Waals surface area (Å²) in [6.07, 6.45) is 0.281. The number of aliphatic hydroxyl groups excluding tert-OH is 1. The number of ether oxygens (including phenoxy) is 1. The molecular weight excluding hydrogens is 323 g/mol. The number of halogens is 1. The fourth-order valence-corrected chi connectivity index (χ4v) is 3.77. The number of rotatable bonds is 5. The predicted octanol–water partition coefficient (Wildman–Crippen LogP) is 1.08. The topological polar surface area (TPSA) is 53.0 Å². The number of carbonyl (C=O) groups is 1. The van der Waals surface area contributed by atoms with Gasteiger partial charge in [-0.15, -0.1) is 0 Å². The van der Waals surface area contributed by atoms with Gasteiger partial charge in [-0.05, 0) is 30.0 Å². The summed E-state index contributed by atoms with van der Waals surface area (Å²) >= 11 is 0. The van der Waals surface area contributed by atoms with Gasteiger partial charge in [0, 0.05) is 45.2 Å². The largest absolute Gasteiger partial charge is 0.396 e. The summed E-state index contributed by atoms with van der Waals surface area (Å²) in [5.41, 5.74) is 1.39. The van der Waals surface area contributed by atoms with Crippen LogP contribution in [0.3, 0.4) is 0 Å². The number of amides is 1. The molecule has 6 heteroatoms. The molecule has 25 heavy (non-hydrogen) atoms. The van der Waals surface area contributed by atoms with Crippen LogP contribution in [0.15, 0.2) is 18.2 Å². The van der Waals surface area contributed by atoms with Gasteiger partial charge in [-0.1, -0.05) is 12.1 Å². The lowest BCUT2D eigenvalue weighted by molar-refractivity contribution is -0.129. The van der Waals surface area contributed by atoms with Crippen molar-refractivity contribution in [3.8, 4) is 0 Å². The number of nitrogens with zero attached hydrogens (tertiary/aromatic N) is 2. The number of likely N-dealkylation sites (tertiary alicyclic amines) is 1. The van der Waals surface area contributed by atoms with E-state index in [1.165, 1.54) is 6.07 Å². The van der Waals surface area contributed by atoms with E-state index < -0.39 is 0 Å². The number of hydrogen-bond acceptors (Lipinski definition) is 4. The SMILES string of the molecule is Cc1cc(CC(=O)N2CC(CO)C(CN3CCOCC3)C2)ccc1F. The van der Waals surface area contributed by atoms with Crippen molar-refractivity contribution >= 4 is 5.91 Å². The molecule has 1 aromatic carbocycles. The molecular formula is C19H27FN2O3. The highest BCUT2D eigenvalue weighted by Gasteiger charge is 2.35. The van der Waals surface area contributed by atoms with Crippen LogP contribution >= 0.6 is 0 Å². The van der Waals surface area contributed by atoms with Crippen LogP contribution in [0.5, 0.6) is 0 Å². The minimum atomic E-state index is -0.247. The average molecular weight is 350 g/mol. The van der Waals surface area contributed by atoms with E-state index in [1.54, 1.807) is 19.1 Å². The van der Waals surface area contributed by atoms with Gasteiger partial charge in [0.1, 0.15) is 5.82 Å². The van der Waals surface area contributed by atoms with Crippen LogP contribution in [0, 0.1) is 24.6 Å². The number of benzene rings is 1. The molecule has 2 fully saturated rings. The van der Waals surface area contributed by atoms with Gasteiger partial charge in [-0.2, -0.15) is 0 Å². The lowest BCUT2D eigenvalue weighted by Crippen LogP contribution is -2.41. The Labute approximate surface area is 148 Å². The van der Waals surface area contributed by atoms with Crippen LogP contribution in [0.4, 0.5) is 4.39 Å². The Kier molecular flexibility index (Phi) is 6.04. The number of morpholine rings is 1. The second-order valence-corrected chi connectivity index (χ2v) is 7.17. The summed E-state index contributed by atoms with van der Waals surface area (Å²) in [6.45, 7) is 7.33. The van der Waals surface area contributed by atoms with Gasteiger partial charge in [0.15, 0.2) is 0 Å². The van der Waals surface area contributed by atoms with E-state index in [2.05, 4.69) is 4.90 Å². The van der Waals surface area contributed by atoms with E-state index in [0.29, 0.717) is 24.6 Å². The molecule has 0 bridgehead atoms. The van der Waals surface area contributed by atoms with Crippen LogP contribution in [0.25, 0.3) is 0 Å². The van der Waals surface area contributed by atoms with Gasteiger partial charge >= 0.3 is 0 Å². The molecule has 138 valence electrons. The second-order valence-electron chi connectivity index (χ2n) is 7.17. The number of hydrogen-bond donors (Lipinski definition) is 1. The third-order valence-corrected chi connectivity index (χ3v) is 5.34. The number of aliphatic hydroxyl groups is 1. The predicted molar refractivity (Wildman–Crippen MR) is 92.7 cm³/mol. The van der Waals surface area contributed by atoms with E-state index in [9.17, 15) is 14.3 Å². The van der Waals surface area contributed by atoms with E-state index in [-0.39, 0.29) is 30.7 Å². The molecule has 0 aromatic heterocycles. The smallest absolute Gasteiger partial charge is 0.227 e. The zero-order valence-electron chi connectivity index (χ0n) is 14.8. The van der Waals surface area contributed by atoms with Crippen LogP contribution in [0.2, 0.25) is 0 Å². The van der Waals surface area contributed by atoms with Gasteiger partial charge in [0.05, 0.1) is 19.6 Å². The number of aryl methyl sites for hydroxylation is 1. The standard InChI is InChI=1S/C19H27FN2O3/c1-14-8-15(2-3-18(14)20)9-19(24)22-11-16(17(12-22)13-23)10-21-4-6-25-7-5-21/h2-3,8,16-17,23H,4-7,9-13H2,1H3. The fourth-order valence-electron chi connectivity index (χ4n) is 3.77. The molecule has 0 spiro atoms. The van der Waals surface area contributed by atoms with E-state index in [4.69, 9.17) is 4.74 Å². The lowest BCUT2D eigenvalue weighted by Gasteiger charge is -2.30. The summed E-state index contributed by atoms with van der Waals surface area (Å²) in [7, 11) is 0. The molecule has 2 atom stereocenters. The summed E-state index contributed by atoms with van der Waals surface area (Å²) in [5, 5.41) is 9.70. The Bertz CT molecular complexity index is 604. The molecule has 0 radical (unpaired) electrons. The first-order chi connectivity index (χ1) is 12.1. The van der Waals surface area contributed by atoms with Crippen molar-refractivity contribution in [1.82, 2.24) is 9.80 Å². The zero-order valence-corrected chi connectivity index (χ0v) is 14.8. The van der Waals surface area contributed by atoms with Crippen molar-refractivity contribution in [2.24, 2.45) is 11.8 Å². The van der Waals surface area contributed by atoms with Crippen molar-refractivity contribution < 1.29 is 19.0 Å². The van der Waals surface area contributed by atoms with E-state index in [0.717, 1.165) is 38.4 Å². The van der Waals surface area contributed by atoms with Crippen LogP contribution < -0.4 is 0 Å². The minimum Gasteiger partial charge on any atom is -0.396 e. The van der Waals surface area contributed by atoms with Crippen LogP contribution in [0.1, 0.15) is 11.1 Å². The van der Waals surface area contributed by atoms with Crippen molar-refractivity contribution in [3.05, 3.63) is 35.1 Å². The molecule has 5 nitrogen and oxygen atoms in total. The van der Waals surface area contributed by atoms with Crippen molar-refractivity contribution in [3.63, 3.8) is 0 Å². The Hall–Kier alpha value is -1.50. The van der Waals surface area contributed by atoms with Gasteiger partial charge in [-0.3, -0.25) is 9.69 Å². The second kappa shape index (κ2) is 8.25. The third kappa shape index (κ3) is 4.57. The highest BCUT2D eigenvalue weighted by molar-refractivity contribution is 5.79. The summed E-state index contributed by atoms with van der Waals surface area (Å²) in [4.78, 5) is 16.8. The Balaban J connectivity index is 1.58. The van der Waals surface area contributed by atoms with Crippen LogP contribution in [-0.2, 0) is 16.0 Å². The quantitative estimate of drug-likeness (QED) is 0.863.